The van der Waals surface area contributed by atoms with Crippen molar-refractivity contribution in [2.75, 3.05) is 5.73 Å². The van der Waals surface area contributed by atoms with E-state index in [0.717, 1.165) is 0 Å². The van der Waals surface area contributed by atoms with Gasteiger partial charge in [0.25, 0.3) is 0 Å². The zero-order chi connectivity index (χ0) is 9.10. The zero-order valence-corrected chi connectivity index (χ0v) is 7.04. The van der Waals surface area contributed by atoms with Crippen molar-refractivity contribution >= 4 is 12.2 Å². The molecular formula is C9H10N4. The van der Waals surface area contributed by atoms with Gasteiger partial charge in [-0.05, 0) is 6.08 Å². The molecule has 0 aromatic carbocycles. The normalized spacial score (nSPS) is 20.5. The first-order valence-electron chi connectivity index (χ1n) is 4.03. The Hall–Kier alpha value is -1.84. The van der Waals surface area contributed by atoms with Crippen molar-refractivity contribution in [3.8, 4) is 0 Å². The fourth-order valence-electron chi connectivity index (χ4n) is 1.21. The second-order valence-electron chi connectivity index (χ2n) is 2.71. The lowest BCUT2D eigenvalue weighted by Crippen LogP contribution is -2.09. The molecule has 0 fully saturated rings. The molecule has 0 spiro atoms. The van der Waals surface area contributed by atoms with Crippen LogP contribution in [-0.2, 0) is 0 Å². The van der Waals surface area contributed by atoms with Gasteiger partial charge in [0.2, 0.25) is 5.95 Å². The Morgan fingerprint density at radius 1 is 1.38 bits per heavy atom. The van der Waals surface area contributed by atoms with Crippen molar-refractivity contribution < 1.29 is 0 Å². The highest BCUT2D eigenvalue weighted by atomic mass is 15.2. The third-order valence-electron chi connectivity index (χ3n) is 1.85. The third kappa shape index (κ3) is 1.51. The largest absolute Gasteiger partial charge is 0.369 e. The number of hydrogen-bond acceptors (Lipinski definition) is 3. The molecule has 2 N–H and O–H groups in total. The molecule has 0 saturated carbocycles. The van der Waals surface area contributed by atoms with Crippen LogP contribution in [0.5, 0.6) is 0 Å². The lowest BCUT2D eigenvalue weighted by Gasteiger charge is -2.09. The van der Waals surface area contributed by atoms with Crippen molar-refractivity contribution in [1.82, 2.24) is 9.55 Å². The highest BCUT2D eigenvalue weighted by molar-refractivity contribution is 5.67. The average Bonchev–Trinajstić information content (AvgIpc) is 2.43. The van der Waals surface area contributed by atoms with Gasteiger partial charge in [-0.3, -0.25) is 4.99 Å². The summed E-state index contributed by atoms with van der Waals surface area (Å²) in [6.07, 6.45) is 12.9. The second kappa shape index (κ2) is 3.26. The van der Waals surface area contributed by atoms with E-state index >= 15 is 0 Å². The molecule has 0 saturated heterocycles. The second-order valence-corrected chi connectivity index (χ2v) is 2.71. The summed E-state index contributed by atoms with van der Waals surface area (Å²) in [5, 5.41) is 0. The molecule has 1 unspecified atom stereocenters. The van der Waals surface area contributed by atoms with Crippen molar-refractivity contribution in [2.45, 2.75) is 6.04 Å². The molecule has 13 heavy (non-hydrogen) atoms. The van der Waals surface area contributed by atoms with Gasteiger partial charge in [-0.25, -0.2) is 4.98 Å². The van der Waals surface area contributed by atoms with E-state index in [0.29, 0.717) is 5.95 Å². The Morgan fingerprint density at radius 3 is 3.08 bits per heavy atom. The number of nitrogens with two attached hydrogens (primary N) is 1. The van der Waals surface area contributed by atoms with Crippen LogP contribution in [0.1, 0.15) is 6.04 Å². The molecule has 4 nitrogen and oxygen atoms in total. The van der Waals surface area contributed by atoms with Crippen LogP contribution in [-0.4, -0.2) is 15.8 Å². The Kier molecular flexibility index (Phi) is 1.96. The van der Waals surface area contributed by atoms with E-state index in [1.807, 2.05) is 35.2 Å². The average molecular weight is 174 g/mol. The highest BCUT2D eigenvalue weighted by Gasteiger charge is 2.06. The Balaban J connectivity index is 2.32. The van der Waals surface area contributed by atoms with Crippen LogP contribution in [0.3, 0.4) is 0 Å². The molecule has 4 heteroatoms. The zero-order valence-electron chi connectivity index (χ0n) is 7.04. The molecule has 1 aliphatic heterocycles. The summed E-state index contributed by atoms with van der Waals surface area (Å²) in [4.78, 5) is 8.02. The van der Waals surface area contributed by atoms with Gasteiger partial charge < -0.3 is 10.3 Å². The quantitative estimate of drug-likeness (QED) is 0.694. The van der Waals surface area contributed by atoms with Crippen LogP contribution in [0.2, 0.25) is 0 Å². The van der Waals surface area contributed by atoms with Crippen LogP contribution in [0, 0.1) is 0 Å². The summed E-state index contributed by atoms with van der Waals surface area (Å²) in [5.41, 5.74) is 5.66. The maximum absolute atomic E-state index is 5.66. The maximum atomic E-state index is 5.66. The maximum Gasteiger partial charge on any atom is 0.200 e. The minimum absolute atomic E-state index is 0.0671. The Labute approximate surface area is 76.1 Å². The molecule has 1 atom stereocenters. The van der Waals surface area contributed by atoms with Gasteiger partial charge in [-0.1, -0.05) is 12.2 Å². The summed E-state index contributed by atoms with van der Waals surface area (Å²) in [6, 6.07) is 0.0671. The number of aromatic nitrogens is 2. The summed E-state index contributed by atoms with van der Waals surface area (Å²) < 4.78 is 1.85. The number of hydrogen-bond donors (Lipinski definition) is 1. The van der Waals surface area contributed by atoms with E-state index in [9.17, 15) is 0 Å². The lowest BCUT2D eigenvalue weighted by molar-refractivity contribution is 0.781. The van der Waals surface area contributed by atoms with Gasteiger partial charge in [0.1, 0.15) is 0 Å². The number of rotatable bonds is 1. The summed E-state index contributed by atoms with van der Waals surface area (Å²) in [6.45, 7) is 0. The molecule has 2 heterocycles. The Morgan fingerprint density at radius 2 is 2.31 bits per heavy atom. The van der Waals surface area contributed by atoms with Gasteiger partial charge in [0.15, 0.2) is 0 Å². The minimum Gasteiger partial charge on any atom is -0.369 e. The minimum atomic E-state index is 0.0671. The monoisotopic (exact) mass is 174 g/mol. The standard InChI is InChI=1S/C9H10N4/c10-9-12-5-6-13(9)8-3-1-2-4-11-7-8/h1-8H,(H2,10,12). The van der Waals surface area contributed by atoms with E-state index in [1.54, 1.807) is 12.4 Å². The van der Waals surface area contributed by atoms with Gasteiger partial charge in [-0.2, -0.15) is 0 Å². The molecule has 0 amide bonds. The van der Waals surface area contributed by atoms with Crippen LogP contribution in [0.25, 0.3) is 0 Å². The van der Waals surface area contributed by atoms with Crippen LogP contribution < -0.4 is 5.73 Å². The number of nitrogens with zero attached hydrogens (tertiary/aromatic N) is 3. The first kappa shape index (κ1) is 7.79. The number of aliphatic imine (C=N–C) groups is 1. The van der Waals surface area contributed by atoms with Crippen molar-refractivity contribution in [3.05, 3.63) is 36.8 Å². The molecular weight excluding hydrogens is 164 g/mol. The first-order valence-corrected chi connectivity index (χ1v) is 4.03. The number of allylic oxidation sites excluding steroid dienone is 3. The summed E-state index contributed by atoms with van der Waals surface area (Å²) in [7, 11) is 0. The SMILES string of the molecule is Nc1nccn1C1C=CC=CN=C1. The topological polar surface area (TPSA) is 56.2 Å². The van der Waals surface area contributed by atoms with E-state index < -0.39 is 0 Å². The fraction of sp³-hybridized carbons (Fsp3) is 0.111. The summed E-state index contributed by atoms with van der Waals surface area (Å²) in [5.74, 6) is 0.503. The van der Waals surface area contributed by atoms with Gasteiger partial charge in [0.05, 0.1) is 6.04 Å². The van der Waals surface area contributed by atoms with Gasteiger partial charge in [-0.15, -0.1) is 0 Å². The number of anilines is 1. The van der Waals surface area contributed by atoms with E-state index in [-0.39, 0.29) is 6.04 Å². The molecule has 1 aromatic rings. The molecule has 2 rings (SSSR count). The van der Waals surface area contributed by atoms with Crippen LogP contribution >= 0.6 is 0 Å². The third-order valence-corrected chi connectivity index (χ3v) is 1.85. The molecule has 1 aromatic heterocycles. The molecule has 0 aliphatic carbocycles. The highest BCUT2D eigenvalue weighted by Crippen LogP contribution is 2.12. The van der Waals surface area contributed by atoms with Crippen molar-refractivity contribution in [1.29, 1.82) is 0 Å². The van der Waals surface area contributed by atoms with E-state index in [2.05, 4.69) is 9.98 Å². The molecule has 1 aliphatic rings. The van der Waals surface area contributed by atoms with E-state index in [1.165, 1.54) is 0 Å². The van der Waals surface area contributed by atoms with Gasteiger partial charge >= 0.3 is 0 Å². The van der Waals surface area contributed by atoms with Crippen LogP contribution in [0.4, 0.5) is 5.95 Å². The predicted octanol–water partition coefficient (Wildman–Crippen LogP) is 1.16. The lowest BCUT2D eigenvalue weighted by atomic mass is 10.3. The smallest absolute Gasteiger partial charge is 0.200 e. The first-order chi connectivity index (χ1) is 6.38. The molecule has 0 radical (unpaired) electrons. The van der Waals surface area contributed by atoms with Crippen molar-refractivity contribution in [2.24, 2.45) is 4.99 Å². The van der Waals surface area contributed by atoms with Crippen LogP contribution in [0.15, 0.2) is 41.8 Å². The number of imidazole rings is 1. The molecule has 0 bridgehead atoms. The Bertz CT molecular complexity index is 357. The van der Waals surface area contributed by atoms with Crippen molar-refractivity contribution in [3.63, 3.8) is 0 Å². The van der Waals surface area contributed by atoms with E-state index in [4.69, 9.17) is 5.73 Å². The summed E-state index contributed by atoms with van der Waals surface area (Å²) >= 11 is 0. The fourth-order valence-corrected chi connectivity index (χ4v) is 1.21. The number of nitrogen functional groups attached to an aromatic ring is 1. The molecule has 66 valence electrons. The van der Waals surface area contributed by atoms with Gasteiger partial charge in [0, 0.05) is 24.8 Å². The predicted molar refractivity (Wildman–Crippen MR) is 52.4 cm³/mol.